The SMILES string of the molecule is COCCSc1ncc(-c2cccc(F)c2)c(C2CCN(C(=O)CCn3ccc(C)n3)CC2)n1. The number of carbonyl (C=O) groups excluding carboxylic acids is 1. The number of aryl methyl sites for hydroxylation is 2. The molecule has 3 heterocycles. The molecule has 0 spiro atoms. The second-order valence-electron chi connectivity index (χ2n) is 8.43. The van der Waals surface area contributed by atoms with Gasteiger partial charge in [0, 0.05) is 62.8 Å². The first-order valence-corrected chi connectivity index (χ1v) is 12.5. The number of rotatable bonds is 9. The van der Waals surface area contributed by atoms with Crippen molar-refractivity contribution in [3.63, 3.8) is 0 Å². The molecule has 1 saturated heterocycles. The Morgan fingerprint density at radius 3 is 2.79 bits per heavy atom. The summed E-state index contributed by atoms with van der Waals surface area (Å²) < 4.78 is 20.9. The van der Waals surface area contributed by atoms with Gasteiger partial charge in [-0.15, -0.1) is 0 Å². The number of hydrogen-bond acceptors (Lipinski definition) is 6. The van der Waals surface area contributed by atoms with Crippen molar-refractivity contribution in [2.24, 2.45) is 0 Å². The molecule has 1 amide bonds. The van der Waals surface area contributed by atoms with E-state index in [4.69, 9.17) is 9.72 Å². The molecule has 0 N–H and O–H groups in total. The third-order valence-corrected chi connectivity index (χ3v) is 6.84. The van der Waals surface area contributed by atoms with E-state index in [1.165, 1.54) is 12.1 Å². The summed E-state index contributed by atoms with van der Waals surface area (Å²) in [5.74, 6) is 0.809. The Labute approximate surface area is 203 Å². The van der Waals surface area contributed by atoms with E-state index >= 15 is 0 Å². The van der Waals surface area contributed by atoms with Crippen LogP contribution in [-0.2, 0) is 16.1 Å². The van der Waals surface area contributed by atoms with Crippen molar-refractivity contribution in [1.29, 1.82) is 0 Å². The number of halogens is 1. The summed E-state index contributed by atoms with van der Waals surface area (Å²) in [7, 11) is 1.67. The van der Waals surface area contributed by atoms with Crippen molar-refractivity contribution in [3.05, 3.63) is 59.9 Å². The molecular weight excluding hydrogens is 453 g/mol. The fourth-order valence-corrected chi connectivity index (χ4v) is 4.93. The Morgan fingerprint density at radius 2 is 2.09 bits per heavy atom. The number of benzene rings is 1. The first kappa shape index (κ1) is 24.3. The predicted octanol–water partition coefficient (Wildman–Crippen LogP) is 4.32. The minimum absolute atomic E-state index is 0.149. The number of amides is 1. The summed E-state index contributed by atoms with van der Waals surface area (Å²) in [5, 5.41) is 5.05. The van der Waals surface area contributed by atoms with Crippen LogP contribution in [0.2, 0.25) is 0 Å². The number of nitrogens with zero attached hydrogens (tertiary/aromatic N) is 5. The van der Waals surface area contributed by atoms with Gasteiger partial charge in [-0.2, -0.15) is 5.10 Å². The number of aromatic nitrogens is 4. The molecule has 0 saturated carbocycles. The summed E-state index contributed by atoms with van der Waals surface area (Å²) in [6, 6.07) is 8.50. The van der Waals surface area contributed by atoms with Crippen LogP contribution in [0.4, 0.5) is 4.39 Å². The van der Waals surface area contributed by atoms with E-state index in [0.29, 0.717) is 37.8 Å². The lowest BCUT2D eigenvalue weighted by Crippen LogP contribution is -2.38. The maximum Gasteiger partial charge on any atom is 0.224 e. The highest BCUT2D eigenvalue weighted by atomic mass is 32.2. The van der Waals surface area contributed by atoms with Crippen LogP contribution >= 0.6 is 11.8 Å². The highest BCUT2D eigenvalue weighted by molar-refractivity contribution is 7.99. The van der Waals surface area contributed by atoms with Crippen LogP contribution in [0, 0.1) is 12.7 Å². The molecule has 0 radical (unpaired) electrons. The topological polar surface area (TPSA) is 73.1 Å². The summed E-state index contributed by atoms with van der Waals surface area (Å²) in [5.41, 5.74) is 3.51. The monoisotopic (exact) mass is 483 g/mol. The van der Waals surface area contributed by atoms with Crippen LogP contribution in [0.5, 0.6) is 0 Å². The first-order chi connectivity index (χ1) is 16.5. The molecule has 0 aliphatic carbocycles. The predicted molar refractivity (Wildman–Crippen MR) is 130 cm³/mol. The van der Waals surface area contributed by atoms with E-state index in [0.717, 1.165) is 41.1 Å². The number of hydrogen-bond donors (Lipinski definition) is 0. The third kappa shape index (κ3) is 6.21. The van der Waals surface area contributed by atoms with E-state index in [1.54, 1.807) is 31.1 Å². The molecule has 3 aromatic rings. The Hall–Kier alpha value is -2.78. The third-order valence-electron chi connectivity index (χ3n) is 6.01. The number of carbonyl (C=O) groups is 1. The molecule has 1 aliphatic rings. The van der Waals surface area contributed by atoms with Gasteiger partial charge in [-0.05, 0) is 43.5 Å². The van der Waals surface area contributed by atoms with Crippen molar-refractivity contribution in [2.45, 2.75) is 43.8 Å². The number of methoxy groups -OCH3 is 1. The molecule has 1 aliphatic heterocycles. The smallest absolute Gasteiger partial charge is 0.224 e. The Bertz CT molecular complexity index is 1110. The normalized spacial score (nSPS) is 14.5. The minimum Gasteiger partial charge on any atom is -0.384 e. The van der Waals surface area contributed by atoms with E-state index in [-0.39, 0.29) is 17.6 Å². The van der Waals surface area contributed by atoms with Crippen LogP contribution in [0.15, 0.2) is 47.9 Å². The van der Waals surface area contributed by atoms with E-state index in [1.807, 2.05) is 34.8 Å². The minimum atomic E-state index is -0.283. The Kier molecular flexibility index (Phi) is 8.29. The van der Waals surface area contributed by atoms with Crippen LogP contribution in [0.25, 0.3) is 11.1 Å². The second-order valence-corrected chi connectivity index (χ2v) is 9.49. The number of ether oxygens (including phenoxy) is 1. The zero-order valence-electron chi connectivity index (χ0n) is 19.6. The summed E-state index contributed by atoms with van der Waals surface area (Å²) in [4.78, 5) is 24.1. The zero-order valence-corrected chi connectivity index (χ0v) is 20.4. The fourth-order valence-electron chi connectivity index (χ4n) is 4.21. The van der Waals surface area contributed by atoms with Gasteiger partial charge in [0.15, 0.2) is 5.16 Å². The number of thioether (sulfide) groups is 1. The Balaban J connectivity index is 1.45. The number of likely N-dealkylation sites (tertiary alicyclic amines) is 1. The van der Waals surface area contributed by atoms with Gasteiger partial charge in [0.05, 0.1) is 18.0 Å². The van der Waals surface area contributed by atoms with Crippen LogP contribution in [0.3, 0.4) is 0 Å². The van der Waals surface area contributed by atoms with Crippen molar-refractivity contribution >= 4 is 17.7 Å². The summed E-state index contributed by atoms with van der Waals surface area (Å²) >= 11 is 1.55. The maximum atomic E-state index is 13.9. The zero-order chi connectivity index (χ0) is 23.9. The van der Waals surface area contributed by atoms with E-state index in [9.17, 15) is 9.18 Å². The molecule has 7 nitrogen and oxygen atoms in total. The molecule has 0 bridgehead atoms. The number of piperidine rings is 1. The molecule has 2 aromatic heterocycles. The molecular formula is C25H30FN5O2S. The van der Waals surface area contributed by atoms with Gasteiger partial charge in [0.2, 0.25) is 5.91 Å². The molecule has 4 rings (SSSR count). The maximum absolute atomic E-state index is 13.9. The molecule has 0 atom stereocenters. The van der Waals surface area contributed by atoms with Gasteiger partial charge in [0.25, 0.3) is 0 Å². The molecule has 1 aromatic carbocycles. The van der Waals surface area contributed by atoms with Crippen molar-refractivity contribution in [2.75, 3.05) is 32.6 Å². The molecule has 1 fully saturated rings. The van der Waals surface area contributed by atoms with Gasteiger partial charge < -0.3 is 9.64 Å². The van der Waals surface area contributed by atoms with Crippen LogP contribution in [-0.4, -0.2) is 63.1 Å². The largest absolute Gasteiger partial charge is 0.384 e. The molecule has 180 valence electrons. The van der Waals surface area contributed by atoms with Crippen LogP contribution < -0.4 is 0 Å². The van der Waals surface area contributed by atoms with Gasteiger partial charge >= 0.3 is 0 Å². The lowest BCUT2D eigenvalue weighted by Gasteiger charge is -2.32. The van der Waals surface area contributed by atoms with Crippen LogP contribution in [0.1, 0.15) is 36.6 Å². The highest BCUT2D eigenvalue weighted by Gasteiger charge is 2.27. The van der Waals surface area contributed by atoms with Gasteiger partial charge in [0.1, 0.15) is 5.82 Å². The first-order valence-electron chi connectivity index (χ1n) is 11.6. The summed E-state index contributed by atoms with van der Waals surface area (Å²) in [6.45, 7) is 4.51. The van der Waals surface area contributed by atoms with E-state index < -0.39 is 0 Å². The van der Waals surface area contributed by atoms with Crippen molar-refractivity contribution in [3.8, 4) is 11.1 Å². The van der Waals surface area contributed by atoms with Gasteiger partial charge in [-0.25, -0.2) is 14.4 Å². The quantitative estimate of drug-likeness (QED) is 0.256. The molecule has 34 heavy (non-hydrogen) atoms. The van der Waals surface area contributed by atoms with Crippen molar-refractivity contribution < 1.29 is 13.9 Å². The molecule has 9 heteroatoms. The molecule has 0 unspecified atom stereocenters. The standard InChI is InChI=1S/C25H30FN5O2S/c1-18-6-12-31(29-18)13-9-23(32)30-10-7-19(8-11-30)24-22(20-4-3-5-21(26)16-20)17-27-25(28-24)34-15-14-33-2/h3-6,12,16-17,19H,7-11,13-15H2,1-2H3. The Morgan fingerprint density at radius 1 is 1.26 bits per heavy atom. The van der Waals surface area contributed by atoms with Gasteiger partial charge in [-0.1, -0.05) is 23.9 Å². The second kappa shape index (κ2) is 11.6. The van der Waals surface area contributed by atoms with Gasteiger partial charge in [-0.3, -0.25) is 9.48 Å². The lowest BCUT2D eigenvalue weighted by atomic mass is 9.89. The average molecular weight is 484 g/mol. The van der Waals surface area contributed by atoms with E-state index in [2.05, 4.69) is 10.1 Å². The summed E-state index contributed by atoms with van der Waals surface area (Å²) in [6.07, 6.45) is 5.77. The van der Waals surface area contributed by atoms with Crippen molar-refractivity contribution in [1.82, 2.24) is 24.6 Å². The fraction of sp³-hybridized carbons (Fsp3) is 0.440. The average Bonchev–Trinajstić information content (AvgIpc) is 3.28. The highest BCUT2D eigenvalue weighted by Crippen LogP contribution is 2.35. The lowest BCUT2D eigenvalue weighted by molar-refractivity contribution is -0.132.